The lowest BCUT2D eigenvalue weighted by Crippen LogP contribution is -2.50. The molecule has 2 unspecified atom stereocenters. The number of hydrogen-bond acceptors (Lipinski definition) is 3. The largest absolute Gasteiger partial charge is 0.378 e. The van der Waals surface area contributed by atoms with Crippen molar-refractivity contribution in [3.05, 3.63) is 0 Å². The summed E-state index contributed by atoms with van der Waals surface area (Å²) in [7, 11) is 0. The third kappa shape index (κ3) is 4.68. The number of nitrogens with zero attached hydrogens (tertiary/aromatic N) is 1. The summed E-state index contributed by atoms with van der Waals surface area (Å²) in [6, 6.07) is 1.15. The van der Waals surface area contributed by atoms with Crippen LogP contribution in [0.4, 0.5) is 0 Å². The molecule has 2 aliphatic rings. The molecular weight excluding hydrogens is 264 g/mol. The molecule has 2 atom stereocenters. The highest BCUT2D eigenvalue weighted by molar-refractivity contribution is 5.78. The highest BCUT2D eigenvalue weighted by Gasteiger charge is 2.29. The molecule has 2 heterocycles. The molecule has 2 fully saturated rings. The first kappa shape index (κ1) is 16.8. The molecule has 4 heteroatoms. The molecule has 0 radical (unpaired) electrons. The van der Waals surface area contributed by atoms with Crippen molar-refractivity contribution in [2.75, 3.05) is 19.7 Å². The topological polar surface area (TPSA) is 41.6 Å². The van der Waals surface area contributed by atoms with Crippen molar-refractivity contribution in [2.24, 2.45) is 11.8 Å². The minimum atomic E-state index is 0.122. The molecule has 2 rings (SSSR count). The molecule has 0 saturated carbocycles. The van der Waals surface area contributed by atoms with E-state index in [1.807, 2.05) is 18.7 Å². The van der Waals surface area contributed by atoms with Crippen LogP contribution in [0.3, 0.4) is 0 Å². The van der Waals surface area contributed by atoms with Gasteiger partial charge in [0.05, 0.1) is 6.10 Å². The zero-order valence-corrected chi connectivity index (χ0v) is 14.1. The van der Waals surface area contributed by atoms with E-state index in [1.54, 1.807) is 0 Å². The molecule has 21 heavy (non-hydrogen) atoms. The van der Waals surface area contributed by atoms with E-state index in [0.29, 0.717) is 30.0 Å². The molecule has 0 aromatic rings. The predicted octanol–water partition coefficient (Wildman–Crippen LogP) is 2.43. The van der Waals surface area contributed by atoms with E-state index in [1.165, 1.54) is 0 Å². The minimum absolute atomic E-state index is 0.122. The van der Waals surface area contributed by atoms with Crippen LogP contribution in [0.5, 0.6) is 0 Å². The summed E-state index contributed by atoms with van der Waals surface area (Å²) in [5, 5.41) is 3.81. The van der Waals surface area contributed by atoms with E-state index >= 15 is 0 Å². The van der Waals surface area contributed by atoms with Gasteiger partial charge >= 0.3 is 0 Å². The third-order valence-corrected chi connectivity index (χ3v) is 4.83. The molecule has 122 valence electrons. The number of carbonyl (C=O) groups excluding carboxylic acids is 1. The number of amides is 1. The Labute approximate surface area is 129 Å². The van der Waals surface area contributed by atoms with Crippen molar-refractivity contribution in [3.8, 4) is 0 Å². The summed E-state index contributed by atoms with van der Waals surface area (Å²) in [6.45, 7) is 11.1. The second-order valence-corrected chi connectivity index (χ2v) is 7.30. The Morgan fingerprint density at radius 1 is 1.10 bits per heavy atom. The standard InChI is InChI=1S/C17H32N2O2/c1-12(2)16-11-15(7-10-21-16)18-14-5-8-19(9-6-14)17(20)13(3)4/h12-16,18H,5-11H2,1-4H3. The van der Waals surface area contributed by atoms with Crippen LogP contribution in [0.2, 0.25) is 0 Å². The maximum atomic E-state index is 12.0. The Morgan fingerprint density at radius 2 is 1.76 bits per heavy atom. The lowest BCUT2D eigenvalue weighted by atomic mass is 9.93. The molecule has 0 aromatic carbocycles. The van der Waals surface area contributed by atoms with Gasteiger partial charge in [-0.2, -0.15) is 0 Å². The van der Waals surface area contributed by atoms with Crippen molar-refractivity contribution < 1.29 is 9.53 Å². The van der Waals surface area contributed by atoms with Crippen LogP contribution >= 0.6 is 0 Å². The van der Waals surface area contributed by atoms with E-state index in [0.717, 1.165) is 45.4 Å². The normalized spacial score (nSPS) is 28.4. The van der Waals surface area contributed by atoms with E-state index in [-0.39, 0.29) is 5.92 Å². The number of likely N-dealkylation sites (tertiary alicyclic amines) is 1. The van der Waals surface area contributed by atoms with Crippen LogP contribution < -0.4 is 5.32 Å². The van der Waals surface area contributed by atoms with Crippen molar-refractivity contribution in [2.45, 2.75) is 71.6 Å². The van der Waals surface area contributed by atoms with Crippen LogP contribution in [-0.2, 0) is 9.53 Å². The molecule has 4 nitrogen and oxygen atoms in total. The van der Waals surface area contributed by atoms with Gasteiger partial charge in [0.2, 0.25) is 5.91 Å². The SMILES string of the molecule is CC(C)C(=O)N1CCC(NC2CCOC(C(C)C)C2)CC1. The second-order valence-electron chi connectivity index (χ2n) is 7.30. The lowest BCUT2D eigenvalue weighted by Gasteiger charge is -2.38. The molecule has 1 amide bonds. The monoisotopic (exact) mass is 296 g/mol. The number of ether oxygens (including phenoxy) is 1. The number of carbonyl (C=O) groups is 1. The first-order chi connectivity index (χ1) is 9.97. The smallest absolute Gasteiger partial charge is 0.225 e. The third-order valence-electron chi connectivity index (χ3n) is 4.83. The lowest BCUT2D eigenvalue weighted by molar-refractivity contribution is -0.135. The summed E-state index contributed by atoms with van der Waals surface area (Å²) in [5.74, 6) is 1.02. The van der Waals surface area contributed by atoms with Crippen molar-refractivity contribution >= 4 is 5.91 Å². The summed E-state index contributed by atoms with van der Waals surface area (Å²) >= 11 is 0. The van der Waals surface area contributed by atoms with E-state index in [9.17, 15) is 4.79 Å². The molecule has 0 spiro atoms. The van der Waals surface area contributed by atoms with E-state index in [4.69, 9.17) is 4.74 Å². The number of nitrogens with one attached hydrogen (secondary N) is 1. The van der Waals surface area contributed by atoms with Gasteiger partial charge in [0, 0.05) is 37.7 Å². The Bertz CT molecular complexity index is 336. The maximum Gasteiger partial charge on any atom is 0.225 e. The maximum absolute atomic E-state index is 12.0. The Hall–Kier alpha value is -0.610. The van der Waals surface area contributed by atoms with Gasteiger partial charge in [0.1, 0.15) is 0 Å². The average Bonchev–Trinajstić information content (AvgIpc) is 2.47. The fourth-order valence-electron chi connectivity index (χ4n) is 3.41. The Balaban J connectivity index is 1.74. The summed E-state index contributed by atoms with van der Waals surface area (Å²) < 4.78 is 5.84. The van der Waals surface area contributed by atoms with Gasteiger partial charge in [-0.3, -0.25) is 4.79 Å². The highest BCUT2D eigenvalue weighted by Crippen LogP contribution is 2.22. The van der Waals surface area contributed by atoms with Gasteiger partial charge in [-0.25, -0.2) is 0 Å². The minimum Gasteiger partial charge on any atom is -0.378 e. The Kier molecular flexibility index (Phi) is 6.06. The molecule has 1 N–H and O–H groups in total. The first-order valence-electron chi connectivity index (χ1n) is 8.63. The van der Waals surface area contributed by atoms with Crippen molar-refractivity contribution in [1.29, 1.82) is 0 Å². The summed E-state index contributed by atoms with van der Waals surface area (Å²) in [5.41, 5.74) is 0. The average molecular weight is 296 g/mol. The van der Waals surface area contributed by atoms with E-state index in [2.05, 4.69) is 19.2 Å². The number of rotatable bonds is 4. The summed E-state index contributed by atoms with van der Waals surface area (Å²) in [4.78, 5) is 14.0. The van der Waals surface area contributed by atoms with Crippen LogP contribution in [-0.4, -0.2) is 48.7 Å². The quantitative estimate of drug-likeness (QED) is 0.866. The zero-order valence-electron chi connectivity index (χ0n) is 14.1. The van der Waals surface area contributed by atoms with Gasteiger partial charge in [-0.05, 0) is 31.6 Å². The predicted molar refractivity (Wildman–Crippen MR) is 85.2 cm³/mol. The molecule has 0 bridgehead atoms. The zero-order chi connectivity index (χ0) is 15.4. The molecule has 2 aliphatic heterocycles. The van der Waals surface area contributed by atoms with Gasteiger partial charge < -0.3 is 15.0 Å². The van der Waals surface area contributed by atoms with Crippen molar-refractivity contribution in [1.82, 2.24) is 10.2 Å². The van der Waals surface area contributed by atoms with E-state index < -0.39 is 0 Å². The fourth-order valence-corrected chi connectivity index (χ4v) is 3.41. The van der Waals surface area contributed by atoms with Gasteiger partial charge in [-0.15, -0.1) is 0 Å². The molecule has 0 aliphatic carbocycles. The van der Waals surface area contributed by atoms with Crippen molar-refractivity contribution in [3.63, 3.8) is 0 Å². The first-order valence-corrected chi connectivity index (χ1v) is 8.63. The highest BCUT2D eigenvalue weighted by atomic mass is 16.5. The molecular formula is C17H32N2O2. The van der Waals surface area contributed by atoms with Gasteiger partial charge in [0.25, 0.3) is 0 Å². The molecule has 2 saturated heterocycles. The van der Waals surface area contributed by atoms with Crippen LogP contribution in [0.1, 0.15) is 53.4 Å². The number of piperidine rings is 1. The fraction of sp³-hybridized carbons (Fsp3) is 0.941. The molecule has 0 aromatic heterocycles. The van der Waals surface area contributed by atoms with Crippen LogP contribution in [0.25, 0.3) is 0 Å². The van der Waals surface area contributed by atoms with Crippen LogP contribution in [0, 0.1) is 11.8 Å². The van der Waals surface area contributed by atoms with Gasteiger partial charge in [0.15, 0.2) is 0 Å². The number of hydrogen-bond donors (Lipinski definition) is 1. The summed E-state index contributed by atoms with van der Waals surface area (Å²) in [6.07, 6.45) is 4.82. The van der Waals surface area contributed by atoms with Gasteiger partial charge in [-0.1, -0.05) is 27.7 Å². The van der Waals surface area contributed by atoms with Crippen LogP contribution in [0.15, 0.2) is 0 Å². The second kappa shape index (κ2) is 7.59. The Morgan fingerprint density at radius 3 is 2.33 bits per heavy atom.